The van der Waals surface area contributed by atoms with Crippen LogP contribution in [0.2, 0.25) is 0 Å². The fraction of sp³-hybridized carbons (Fsp3) is 0.611. The van der Waals surface area contributed by atoms with Crippen molar-refractivity contribution in [1.82, 2.24) is 4.90 Å². The Labute approximate surface area is 137 Å². The minimum absolute atomic E-state index is 0.0929. The quantitative estimate of drug-likeness (QED) is 0.800. The first kappa shape index (κ1) is 16.4. The Hall–Kier alpha value is -1.43. The van der Waals surface area contributed by atoms with Crippen molar-refractivity contribution in [2.75, 3.05) is 33.4 Å². The largest absolute Gasteiger partial charge is 0.385 e. The molecule has 1 heterocycles. The Morgan fingerprint density at radius 1 is 1.30 bits per heavy atom. The molecule has 1 atom stereocenters. The van der Waals surface area contributed by atoms with Crippen molar-refractivity contribution in [2.24, 2.45) is 0 Å². The van der Waals surface area contributed by atoms with E-state index in [1.165, 1.54) is 5.56 Å². The average Bonchev–Trinajstić information content (AvgIpc) is 2.52. The predicted molar refractivity (Wildman–Crippen MR) is 86.2 cm³/mol. The van der Waals surface area contributed by atoms with Gasteiger partial charge in [0.1, 0.15) is 5.60 Å². The number of hydrogen-bond donors (Lipinski definition) is 1. The Bertz CT molecular complexity index is 556. The summed E-state index contributed by atoms with van der Waals surface area (Å²) in [6, 6.07) is 8.05. The van der Waals surface area contributed by atoms with Crippen LogP contribution >= 0.6 is 0 Å². The number of methoxy groups -OCH3 is 1. The van der Waals surface area contributed by atoms with Gasteiger partial charge in [0.2, 0.25) is 0 Å². The Morgan fingerprint density at radius 3 is 2.78 bits per heavy atom. The maximum atomic E-state index is 12.6. The third-order valence-corrected chi connectivity index (χ3v) is 4.79. The van der Waals surface area contributed by atoms with E-state index in [1.54, 1.807) is 12.0 Å². The van der Waals surface area contributed by atoms with E-state index in [0.717, 1.165) is 18.4 Å². The lowest BCUT2D eigenvalue weighted by Gasteiger charge is -2.44. The highest BCUT2D eigenvalue weighted by atomic mass is 16.5. The summed E-state index contributed by atoms with van der Waals surface area (Å²) in [6.45, 7) is 2.50. The number of rotatable bonds is 6. The third kappa shape index (κ3) is 3.57. The molecule has 1 fully saturated rings. The summed E-state index contributed by atoms with van der Waals surface area (Å²) in [7, 11) is 1.67. The molecule has 3 rings (SSSR count). The third-order valence-electron chi connectivity index (χ3n) is 4.79. The second-order valence-electron chi connectivity index (χ2n) is 6.53. The molecule has 0 unspecified atom stereocenters. The summed E-state index contributed by atoms with van der Waals surface area (Å²) < 4.78 is 10.7. The molecule has 0 aromatic heterocycles. The molecule has 1 aliphatic carbocycles. The zero-order valence-electron chi connectivity index (χ0n) is 13.7. The van der Waals surface area contributed by atoms with Crippen molar-refractivity contribution < 1.29 is 19.4 Å². The normalized spacial score (nSPS) is 24.2. The van der Waals surface area contributed by atoms with Crippen LogP contribution in [0.5, 0.6) is 0 Å². The first-order valence-corrected chi connectivity index (χ1v) is 8.31. The van der Waals surface area contributed by atoms with Crippen LogP contribution in [0.3, 0.4) is 0 Å². The average molecular weight is 319 g/mol. The Kier molecular flexibility index (Phi) is 4.99. The summed E-state index contributed by atoms with van der Waals surface area (Å²) in [4.78, 5) is 14.4. The lowest BCUT2D eigenvalue weighted by molar-refractivity contribution is -0.166. The number of hydrogen-bond acceptors (Lipinski definition) is 4. The highest BCUT2D eigenvalue weighted by Crippen LogP contribution is 2.31. The van der Waals surface area contributed by atoms with Gasteiger partial charge in [0.15, 0.2) is 0 Å². The SMILES string of the molecule is COCCCOC1CN(C(=O)[C@]2(O)CCc3ccccc3C2)C1. The van der Waals surface area contributed by atoms with Crippen molar-refractivity contribution in [1.29, 1.82) is 0 Å². The fourth-order valence-electron chi connectivity index (χ4n) is 3.36. The molecule has 0 saturated carbocycles. The van der Waals surface area contributed by atoms with Gasteiger partial charge in [-0.05, 0) is 30.4 Å². The van der Waals surface area contributed by atoms with Crippen LogP contribution in [0, 0.1) is 0 Å². The van der Waals surface area contributed by atoms with Gasteiger partial charge >= 0.3 is 0 Å². The van der Waals surface area contributed by atoms with Crippen LogP contribution in [0.4, 0.5) is 0 Å². The lowest BCUT2D eigenvalue weighted by atomic mass is 9.79. The molecule has 5 nitrogen and oxygen atoms in total. The molecular weight excluding hydrogens is 294 g/mol. The van der Waals surface area contributed by atoms with Crippen LogP contribution in [0.25, 0.3) is 0 Å². The van der Waals surface area contributed by atoms with Gasteiger partial charge in [-0.15, -0.1) is 0 Å². The highest BCUT2D eigenvalue weighted by molar-refractivity contribution is 5.86. The molecular formula is C18H25NO4. The number of nitrogens with zero attached hydrogens (tertiary/aromatic N) is 1. The van der Waals surface area contributed by atoms with Gasteiger partial charge in [0.05, 0.1) is 6.10 Å². The van der Waals surface area contributed by atoms with Crippen LogP contribution in [0.15, 0.2) is 24.3 Å². The van der Waals surface area contributed by atoms with E-state index in [4.69, 9.17) is 9.47 Å². The van der Waals surface area contributed by atoms with Crippen molar-refractivity contribution in [3.8, 4) is 0 Å². The van der Waals surface area contributed by atoms with E-state index in [0.29, 0.717) is 39.1 Å². The van der Waals surface area contributed by atoms with E-state index in [9.17, 15) is 9.90 Å². The molecule has 5 heteroatoms. The molecule has 23 heavy (non-hydrogen) atoms. The van der Waals surface area contributed by atoms with Gasteiger partial charge in [-0.25, -0.2) is 0 Å². The summed E-state index contributed by atoms with van der Waals surface area (Å²) in [5.74, 6) is -0.149. The molecule has 1 N–H and O–H groups in total. The summed E-state index contributed by atoms with van der Waals surface area (Å²) in [5, 5.41) is 10.8. The minimum atomic E-state index is -1.25. The first-order chi connectivity index (χ1) is 11.1. The van der Waals surface area contributed by atoms with Crippen LogP contribution in [-0.2, 0) is 27.1 Å². The second-order valence-corrected chi connectivity index (χ2v) is 6.53. The standard InChI is InChI=1S/C18H25NO4/c1-22-9-4-10-23-16-12-19(13-16)17(20)18(21)8-7-14-5-2-3-6-15(14)11-18/h2-3,5-6,16,21H,4,7-13H2,1H3/t18-/m0/s1. The molecule has 0 bridgehead atoms. The molecule has 1 aromatic carbocycles. The molecule has 0 spiro atoms. The number of ether oxygens (including phenoxy) is 2. The van der Waals surface area contributed by atoms with Gasteiger partial charge in [0, 0.05) is 39.8 Å². The number of fused-ring (bicyclic) bond motifs is 1. The van der Waals surface area contributed by atoms with Gasteiger partial charge in [-0.1, -0.05) is 24.3 Å². The fourth-order valence-corrected chi connectivity index (χ4v) is 3.36. The van der Waals surface area contributed by atoms with Crippen molar-refractivity contribution in [2.45, 2.75) is 37.4 Å². The molecule has 126 valence electrons. The van der Waals surface area contributed by atoms with Gasteiger partial charge in [-0.3, -0.25) is 4.79 Å². The predicted octanol–water partition coefficient (Wildman–Crippen LogP) is 1.17. The van der Waals surface area contributed by atoms with E-state index < -0.39 is 5.60 Å². The van der Waals surface area contributed by atoms with Crippen molar-refractivity contribution in [3.05, 3.63) is 35.4 Å². The maximum absolute atomic E-state index is 12.6. The van der Waals surface area contributed by atoms with Crippen molar-refractivity contribution in [3.63, 3.8) is 0 Å². The van der Waals surface area contributed by atoms with E-state index in [-0.39, 0.29) is 12.0 Å². The Balaban J connectivity index is 1.50. The van der Waals surface area contributed by atoms with E-state index >= 15 is 0 Å². The number of likely N-dealkylation sites (tertiary alicyclic amines) is 1. The number of aryl methyl sites for hydroxylation is 1. The molecule has 1 aromatic rings. The summed E-state index contributed by atoms with van der Waals surface area (Å²) in [6.07, 6.45) is 2.62. The van der Waals surface area contributed by atoms with E-state index in [1.807, 2.05) is 18.2 Å². The molecule has 0 radical (unpaired) electrons. The monoisotopic (exact) mass is 319 g/mol. The Morgan fingerprint density at radius 2 is 2.04 bits per heavy atom. The lowest BCUT2D eigenvalue weighted by Crippen LogP contribution is -2.62. The van der Waals surface area contributed by atoms with Gasteiger partial charge in [-0.2, -0.15) is 0 Å². The zero-order valence-corrected chi connectivity index (χ0v) is 13.7. The van der Waals surface area contributed by atoms with Crippen LogP contribution in [-0.4, -0.2) is 61.0 Å². The zero-order chi connectivity index (χ0) is 16.3. The molecule has 2 aliphatic rings. The number of benzene rings is 1. The highest BCUT2D eigenvalue weighted by Gasteiger charge is 2.45. The number of aliphatic hydroxyl groups is 1. The first-order valence-electron chi connectivity index (χ1n) is 8.31. The van der Waals surface area contributed by atoms with Gasteiger partial charge in [0.25, 0.3) is 5.91 Å². The topological polar surface area (TPSA) is 59.0 Å². The van der Waals surface area contributed by atoms with Crippen molar-refractivity contribution >= 4 is 5.91 Å². The number of carbonyl (C=O) groups excluding carboxylic acids is 1. The summed E-state index contributed by atoms with van der Waals surface area (Å²) in [5.41, 5.74) is 1.07. The summed E-state index contributed by atoms with van der Waals surface area (Å²) >= 11 is 0. The minimum Gasteiger partial charge on any atom is -0.385 e. The smallest absolute Gasteiger partial charge is 0.255 e. The number of amides is 1. The number of carbonyl (C=O) groups is 1. The second kappa shape index (κ2) is 6.99. The molecule has 1 aliphatic heterocycles. The van der Waals surface area contributed by atoms with E-state index in [2.05, 4.69) is 6.07 Å². The van der Waals surface area contributed by atoms with Gasteiger partial charge < -0.3 is 19.5 Å². The van der Waals surface area contributed by atoms with Crippen LogP contribution < -0.4 is 0 Å². The maximum Gasteiger partial charge on any atom is 0.255 e. The molecule has 1 amide bonds. The van der Waals surface area contributed by atoms with Crippen LogP contribution in [0.1, 0.15) is 24.0 Å². The molecule has 1 saturated heterocycles.